The average Bonchev–Trinajstić information content (AvgIpc) is 2.71. The lowest BCUT2D eigenvalue weighted by atomic mass is 9.73. The molecule has 2 aromatic rings. The summed E-state index contributed by atoms with van der Waals surface area (Å²) in [4.78, 5) is 6.81. The molecule has 0 radical (unpaired) electrons. The molecule has 0 spiro atoms. The Hall–Kier alpha value is -1.95. The standard InChI is InChI=1S/C21H26N2O3/c1-3-13-11-23-7-6-14(13)8-19(23)21(25)20-15(12-24)10-22-18-5-4-16(26-2)9-17(18)20/h3-5,9-10,13-14,19,21,24-25H,1,6-8,11-12H2,2H3/t13-,14?,19-,21-/m0/s1. The van der Waals surface area contributed by atoms with Crippen molar-refractivity contribution in [1.82, 2.24) is 9.88 Å². The van der Waals surface area contributed by atoms with Gasteiger partial charge in [0, 0.05) is 29.7 Å². The molecular weight excluding hydrogens is 328 g/mol. The molecule has 5 atom stereocenters. The highest BCUT2D eigenvalue weighted by molar-refractivity contribution is 5.85. The fourth-order valence-corrected chi connectivity index (χ4v) is 4.73. The van der Waals surface area contributed by atoms with Gasteiger partial charge in [0.2, 0.25) is 0 Å². The molecule has 0 amide bonds. The van der Waals surface area contributed by atoms with Crippen LogP contribution >= 0.6 is 0 Å². The molecule has 2 bridgehead atoms. The number of aromatic nitrogens is 1. The Balaban J connectivity index is 1.76. The number of aliphatic hydroxyl groups is 2. The van der Waals surface area contributed by atoms with Gasteiger partial charge in [-0.1, -0.05) is 6.08 Å². The van der Waals surface area contributed by atoms with E-state index in [1.165, 1.54) is 0 Å². The third kappa shape index (κ3) is 2.80. The fourth-order valence-electron chi connectivity index (χ4n) is 4.73. The molecule has 3 fully saturated rings. The Labute approximate surface area is 153 Å². The number of hydrogen-bond acceptors (Lipinski definition) is 5. The second-order valence-electron chi connectivity index (χ2n) is 7.43. The van der Waals surface area contributed by atoms with Gasteiger partial charge in [0.25, 0.3) is 0 Å². The number of rotatable bonds is 5. The molecular formula is C21H26N2O3. The summed E-state index contributed by atoms with van der Waals surface area (Å²) in [6.07, 6.45) is 5.19. The van der Waals surface area contributed by atoms with E-state index in [1.54, 1.807) is 13.3 Å². The van der Waals surface area contributed by atoms with Crippen molar-refractivity contribution in [3.63, 3.8) is 0 Å². The van der Waals surface area contributed by atoms with Crippen LogP contribution in [0.5, 0.6) is 5.75 Å². The smallest absolute Gasteiger partial charge is 0.119 e. The number of ether oxygens (including phenoxy) is 1. The van der Waals surface area contributed by atoms with Crippen LogP contribution in [0.3, 0.4) is 0 Å². The fraction of sp³-hybridized carbons (Fsp3) is 0.476. The van der Waals surface area contributed by atoms with Crippen molar-refractivity contribution >= 4 is 10.9 Å². The lowest BCUT2D eigenvalue weighted by Crippen LogP contribution is -2.55. The number of fused-ring (bicyclic) bond motifs is 4. The molecule has 2 unspecified atom stereocenters. The van der Waals surface area contributed by atoms with Crippen LogP contribution in [-0.2, 0) is 6.61 Å². The normalized spacial score (nSPS) is 28.9. The van der Waals surface area contributed by atoms with Gasteiger partial charge in [-0.3, -0.25) is 9.88 Å². The Morgan fingerprint density at radius 1 is 1.46 bits per heavy atom. The molecule has 4 heterocycles. The summed E-state index contributed by atoms with van der Waals surface area (Å²) in [5.41, 5.74) is 2.27. The third-order valence-corrected chi connectivity index (χ3v) is 6.18. The van der Waals surface area contributed by atoms with Gasteiger partial charge in [-0.25, -0.2) is 0 Å². The number of hydrogen-bond donors (Lipinski definition) is 2. The number of methoxy groups -OCH3 is 1. The summed E-state index contributed by atoms with van der Waals surface area (Å²) in [6.45, 7) is 5.80. The van der Waals surface area contributed by atoms with Crippen LogP contribution in [-0.4, -0.2) is 46.3 Å². The number of aliphatic hydroxyl groups excluding tert-OH is 2. The van der Waals surface area contributed by atoms with Crippen LogP contribution in [0.2, 0.25) is 0 Å². The van der Waals surface area contributed by atoms with E-state index in [0.29, 0.717) is 17.4 Å². The minimum Gasteiger partial charge on any atom is -0.497 e. The summed E-state index contributed by atoms with van der Waals surface area (Å²) < 4.78 is 5.36. The first-order chi connectivity index (χ1) is 12.7. The maximum atomic E-state index is 11.4. The maximum Gasteiger partial charge on any atom is 0.119 e. The maximum absolute atomic E-state index is 11.4. The molecule has 1 aromatic heterocycles. The molecule has 138 valence electrons. The molecule has 5 rings (SSSR count). The van der Waals surface area contributed by atoms with Crippen LogP contribution in [0.15, 0.2) is 37.1 Å². The predicted octanol–water partition coefficient (Wildman–Crippen LogP) is 2.67. The van der Waals surface area contributed by atoms with Gasteiger partial charge in [-0.15, -0.1) is 6.58 Å². The molecule has 2 N–H and O–H groups in total. The lowest BCUT2D eigenvalue weighted by molar-refractivity contribution is -0.0449. The van der Waals surface area contributed by atoms with Gasteiger partial charge in [0.1, 0.15) is 5.75 Å². The summed E-state index contributed by atoms with van der Waals surface area (Å²) >= 11 is 0. The summed E-state index contributed by atoms with van der Waals surface area (Å²) in [5, 5.41) is 22.1. The second kappa shape index (κ2) is 6.99. The minimum atomic E-state index is -0.664. The highest BCUT2D eigenvalue weighted by Crippen LogP contribution is 2.43. The van der Waals surface area contributed by atoms with Crippen molar-refractivity contribution in [1.29, 1.82) is 0 Å². The zero-order valence-corrected chi connectivity index (χ0v) is 15.1. The van der Waals surface area contributed by atoms with Crippen LogP contribution in [0.25, 0.3) is 10.9 Å². The highest BCUT2D eigenvalue weighted by Gasteiger charge is 2.42. The molecule has 3 aliphatic heterocycles. The second-order valence-corrected chi connectivity index (χ2v) is 7.43. The molecule has 3 aliphatic rings. The first-order valence-corrected chi connectivity index (χ1v) is 9.27. The zero-order chi connectivity index (χ0) is 18.3. The Morgan fingerprint density at radius 2 is 2.31 bits per heavy atom. The topological polar surface area (TPSA) is 65.8 Å². The molecule has 5 nitrogen and oxygen atoms in total. The highest BCUT2D eigenvalue weighted by atomic mass is 16.5. The minimum absolute atomic E-state index is 0.0621. The molecule has 1 aromatic carbocycles. The Kier molecular flexibility index (Phi) is 4.69. The van der Waals surface area contributed by atoms with E-state index >= 15 is 0 Å². The largest absolute Gasteiger partial charge is 0.497 e. The van der Waals surface area contributed by atoms with E-state index in [1.807, 2.05) is 18.2 Å². The number of nitrogens with zero attached hydrogens (tertiary/aromatic N) is 2. The van der Waals surface area contributed by atoms with Crippen molar-refractivity contribution in [2.24, 2.45) is 11.8 Å². The van der Waals surface area contributed by atoms with E-state index < -0.39 is 6.10 Å². The molecule has 26 heavy (non-hydrogen) atoms. The van der Waals surface area contributed by atoms with Crippen molar-refractivity contribution in [3.05, 3.63) is 48.2 Å². The molecule has 0 aliphatic carbocycles. The van der Waals surface area contributed by atoms with E-state index in [2.05, 4.69) is 22.5 Å². The summed E-state index contributed by atoms with van der Waals surface area (Å²) in [6, 6.07) is 5.73. The van der Waals surface area contributed by atoms with Gasteiger partial charge in [0.15, 0.2) is 0 Å². The quantitative estimate of drug-likeness (QED) is 0.808. The van der Waals surface area contributed by atoms with E-state index in [4.69, 9.17) is 4.74 Å². The molecule has 0 saturated carbocycles. The number of piperidine rings is 3. The first-order valence-electron chi connectivity index (χ1n) is 9.27. The molecule has 3 saturated heterocycles. The summed E-state index contributed by atoms with van der Waals surface area (Å²) in [5.74, 6) is 1.82. The number of benzene rings is 1. The summed E-state index contributed by atoms with van der Waals surface area (Å²) in [7, 11) is 1.63. The van der Waals surface area contributed by atoms with Gasteiger partial charge >= 0.3 is 0 Å². The third-order valence-electron chi connectivity index (χ3n) is 6.18. The van der Waals surface area contributed by atoms with Crippen LogP contribution in [0.1, 0.15) is 30.1 Å². The molecule has 5 heteroatoms. The van der Waals surface area contributed by atoms with Crippen LogP contribution < -0.4 is 4.74 Å². The SMILES string of the molecule is C=C[C@H]1CN2CCC1C[C@H]2[C@H](O)c1c(CO)cnc2ccc(OC)cc12. The Bertz CT molecular complexity index is 817. The van der Waals surface area contributed by atoms with Gasteiger partial charge < -0.3 is 14.9 Å². The van der Waals surface area contributed by atoms with Crippen LogP contribution in [0, 0.1) is 11.8 Å². The van der Waals surface area contributed by atoms with Crippen LogP contribution in [0.4, 0.5) is 0 Å². The van der Waals surface area contributed by atoms with E-state index in [9.17, 15) is 10.2 Å². The van der Waals surface area contributed by atoms with Gasteiger partial charge in [-0.2, -0.15) is 0 Å². The van der Waals surface area contributed by atoms with Crippen molar-refractivity contribution < 1.29 is 14.9 Å². The van der Waals surface area contributed by atoms with Crippen molar-refractivity contribution in [2.45, 2.75) is 31.6 Å². The first kappa shape index (κ1) is 17.5. The lowest BCUT2D eigenvalue weighted by Gasteiger charge is -2.50. The van der Waals surface area contributed by atoms with E-state index in [-0.39, 0.29) is 12.6 Å². The predicted molar refractivity (Wildman–Crippen MR) is 101 cm³/mol. The van der Waals surface area contributed by atoms with Gasteiger partial charge in [-0.05, 0) is 55.0 Å². The number of pyridine rings is 1. The monoisotopic (exact) mass is 354 g/mol. The van der Waals surface area contributed by atoms with Crippen molar-refractivity contribution in [2.75, 3.05) is 20.2 Å². The van der Waals surface area contributed by atoms with Crippen molar-refractivity contribution in [3.8, 4) is 5.75 Å². The van der Waals surface area contributed by atoms with E-state index in [0.717, 1.165) is 48.1 Å². The average molecular weight is 354 g/mol. The van der Waals surface area contributed by atoms with Gasteiger partial charge in [0.05, 0.1) is 25.3 Å². The zero-order valence-electron chi connectivity index (χ0n) is 15.1. The Morgan fingerprint density at radius 3 is 2.96 bits per heavy atom.